The first-order valence-corrected chi connectivity index (χ1v) is 6.32. The van der Waals surface area contributed by atoms with E-state index in [0.717, 1.165) is 17.7 Å². The van der Waals surface area contributed by atoms with Crippen molar-refractivity contribution < 1.29 is 23.0 Å². The number of aliphatic hydroxyl groups is 1. The van der Waals surface area contributed by atoms with Crippen LogP contribution in [-0.2, 0) is 17.5 Å². The highest BCUT2D eigenvalue weighted by Gasteiger charge is 2.30. The van der Waals surface area contributed by atoms with Crippen molar-refractivity contribution in [1.29, 1.82) is 0 Å². The quantitative estimate of drug-likeness (QED) is 0.811. The van der Waals surface area contributed by atoms with E-state index < -0.39 is 17.3 Å². The van der Waals surface area contributed by atoms with Gasteiger partial charge in [-0.3, -0.25) is 0 Å². The molecule has 1 rings (SSSR count). The Morgan fingerprint density at radius 2 is 1.80 bits per heavy atom. The van der Waals surface area contributed by atoms with Crippen molar-refractivity contribution in [2.45, 2.75) is 31.6 Å². The summed E-state index contributed by atoms with van der Waals surface area (Å²) in [6.07, 6.45) is -3.81. The fourth-order valence-corrected chi connectivity index (χ4v) is 1.90. The maximum atomic E-state index is 12.4. The van der Waals surface area contributed by atoms with Crippen LogP contribution in [0.4, 0.5) is 13.2 Å². The molecule has 0 heterocycles. The van der Waals surface area contributed by atoms with Crippen LogP contribution in [0.3, 0.4) is 0 Å². The fourth-order valence-electron chi connectivity index (χ4n) is 1.90. The summed E-state index contributed by atoms with van der Waals surface area (Å²) in [4.78, 5) is 0. The van der Waals surface area contributed by atoms with Gasteiger partial charge in [-0.1, -0.05) is 12.1 Å². The monoisotopic (exact) mass is 291 g/mol. The largest absolute Gasteiger partial charge is 0.416 e. The molecule has 0 amide bonds. The third kappa shape index (κ3) is 5.11. The van der Waals surface area contributed by atoms with E-state index in [1.807, 2.05) is 6.92 Å². The van der Waals surface area contributed by atoms with Crippen LogP contribution in [0.2, 0.25) is 0 Å². The summed E-state index contributed by atoms with van der Waals surface area (Å²) < 4.78 is 42.4. The van der Waals surface area contributed by atoms with E-state index in [-0.39, 0.29) is 6.61 Å². The maximum absolute atomic E-state index is 12.4. The van der Waals surface area contributed by atoms with Crippen molar-refractivity contribution in [1.82, 2.24) is 5.32 Å². The Morgan fingerprint density at radius 1 is 1.20 bits per heavy atom. The van der Waals surface area contributed by atoms with Gasteiger partial charge in [0.15, 0.2) is 0 Å². The zero-order valence-electron chi connectivity index (χ0n) is 11.6. The highest BCUT2D eigenvalue weighted by atomic mass is 19.4. The third-order valence-electron chi connectivity index (χ3n) is 3.13. The van der Waals surface area contributed by atoms with E-state index in [0.29, 0.717) is 19.6 Å². The third-order valence-corrected chi connectivity index (χ3v) is 3.13. The average Bonchev–Trinajstić information content (AvgIpc) is 2.37. The van der Waals surface area contributed by atoms with E-state index in [4.69, 9.17) is 9.84 Å². The summed E-state index contributed by atoms with van der Waals surface area (Å²) in [5.41, 5.74) is -0.318. The zero-order chi connectivity index (χ0) is 15.2. The van der Waals surface area contributed by atoms with Gasteiger partial charge >= 0.3 is 6.18 Å². The molecule has 0 saturated heterocycles. The molecule has 0 aliphatic heterocycles. The molecule has 1 unspecified atom stereocenters. The van der Waals surface area contributed by atoms with Gasteiger partial charge in [0.05, 0.1) is 12.2 Å². The SMILES string of the molecule is COCC(C)(CCO)NCc1ccc(C(F)(F)F)cc1. The second kappa shape index (κ2) is 7.06. The predicted molar refractivity (Wildman–Crippen MR) is 70.3 cm³/mol. The Kier molecular flexibility index (Phi) is 5.98. The molecule has 0 bridgehead atoms. The molecule has 1 aromatic rings. The average molecular weight is 291 g/mol. The summed E-state index contributed by atoms with van der Waals surface area (Å²) in [6, 6.07) is 5.03. The highest BCUT2D eigenvalue weighted by Crippen LogP contribution is 2.29. The fraction of sp³-hybridized carbons (Fsp3) is 0.571. The van der Waals surface area contributed by atoms with Gasteiger partial charge in [0.25, 0.3) is 0 Å². The van der Waals surface area contributed by atoms with Crippen LogP contribution in [-0.4, -0.2) is 31.0 Å². The number of methoxy groups -OCH3 is 1. The number of hydrogen-bond acceptors (Lipinski definition) is 3. The van der Waals surface area contributed by atoms with Crippen LogP contribution in [0.5, 0.6) is 0 Å². The first-order chi connectivity index (χ1) is 9.30. The van der Waals surface area contributed by atoms with Gasteiger partial charge in [0, 0.05) is 25.8 Å². The number of hydrogen-bond donors (Lipinski definition) is 2. The Labute approximate surface area is 116 Å². The molecular weight excluding hydrogens is 271 g/mol. The lowest BCUT2D eigenvalue weighted by Crippen LogP contribution is -2.46. The number of alkyl halides is 3. The van der Waals surface area contributed by atoms with E-state index in [2.05, 4.69) is 5.32 Å². The number of halogens is 3. The Balaban J connectivity index is 2.64. The molecule has 2 N–H and O–H groups in total. The Hall–Kier alpha value is -1.11. The summed E-state index contributed by atoms with van der Waals surface area (Å²) >= 11 is 0. The molecule has 0 aromatic heterocycles. The van der Waals surface area contributed by atoms with Crippen LogP contribution in [0.15, 0.2) is 24.3 Å². The van der Waals surface area contributed by atoms with Gasteiger partial charge < -0.3 is 15.2 Å². The van der Waals surface area contributed by atoms with Gasteiger partial charge in [-0.25, -0.2) is 0 Å². The van der Waals surface area contributed by atoms with Crippen molar-refractivity contribution in [2.75, 3.05) is 20.3 Å². The van der Waals surface area contributed by atoms with E-state index >= 15 is 0 Å². The van der Waals surface area contributed by atoms with Gasteiger partial charge in [0.1, 0.15) is 0 Å². The molecule has 0 saturated carbocycles. The minimum Gasteiger partial charge on any atom is -0.396 e. The summed E-state index contributed by atoms with van der Waals surface area (Å²) in [6.45, 7) is 2.74. The molecule has 20 heavy (non-hydrogen) atoms. The van der Waals surface area contributed by atoms with E-state index in [9.17, 15) is 13.2 Å². The lowest BCUT2D eigenvalue weighted by molar-refractivity contribution is -0.137. The summed E-state index contributed by atoms with van der Waals surface area (Å²) in [5, 5.41) is 12.2. The Morgan fingerprint density at radius 3 is 2.25 bits per heavy atom. The van der Waals surface area contributed by atoms with Gasteiger partial charge in [-0.2, -0.15) is 13.2 Å². The number of rotatable bonds is 7. The minimum atomic E-state index is -4.31. The number of ether oxygens (including phenoxy) is 1. The van der Waals surface area contributed by atoms with Crippen molar-refractivity contribution in [3.8, 4) is 0 Å². The van der Waals surface area contributed by atoms with Gasteiger partial charge in [-0.05, 0) is 31.0 Å². The molecule has 3 nitrogen and oxygen atoms in total. The van der Waals surface area contributed by atoms with Gasteiger partial charge in [-0.15, -0.1) is 0 Å². The van der Waals surface area contributed by atoms with Crippen LogP contribution in [0.1, 0.15) is 24.5 Å². The molecule has 0 spiro atoms. The van der Waals surface area contributed by atoms with Crippen molar-refractivity contribution in [3.63, 3.8) is 0 Å². The number of aliphatic hydroxyl groups excluding tert-OH is 1. The van der Waals surface area contributed by atoms with Crippen LogP contribution in [0.25, 0.3) is 0 Å². The first-order valence-electron chi connectivity index (χ1n) is 6.32. The second-order valence-electron chi connectivity index (χ2n) is 5.02. The smallest absolute Gasteiger partial charge is 0.396 e. The number of nitrogens with one attached hydrogen (secondary N) is 1. The van der Waals surface area contributed by atoms with Gasteiger partial charge in [0.2, 0.25) is 0 Å². The molecule has 0 aliphatic carbocycles. The normalized spacial score (nSPS) is 15.1. The molecule has 0 aliphatic rings. The van der Waals surface area contributed by atoms with Crippen LogP contribution in [0, 0.1) is 0 Å². The minimum absolute atomic E-state index is 0.0138. The van der Waals surface area contributed by atoms with Crippen molar-refractivity contribution in [2.24, 2.45) is 0 Å². The zero-order valence-corrected chi connectivity index (χ0v) is 11.6. The van der Waals surface area contributed by atoms with Crippen molar-refractivity contribution >= 4 is 0 Å². The van der Waals surface area contributed by atoms with Crippen molar-refractivity contribution in [3.05, 3.63) is 35.4 Å². The van der Waals surface area contributed by atoms with Crippen LogP contribution >= 0.6 is 0 Å². The lowest BCUT2D eigenvalue weighted by atomic mass is 9.99. The first kappa shape index (κ1) is 16.9. The molecule has 114 valence electrons. The predicted octanol–water partition coefficient (Wildman–Crippen LogP) is 2.58. The Bertz CT molecular complexity index is 398. The van der Waals surface area contributed by atoms with E-state index in [1.54, 1.807) is 7.11 Å². The standard InChI is InChI=1S/C14H20F3NO2/c1-13(7-8-19,10-20-2)18-9-11-3-5-12(6-4-11)14(15,16)17/h3-6,18-19H,7-10H2,1-2H3. The number of benzene rings is 1. The second-order valence-corrected chi connectivity index (χ2v) is 5.02. The highest BCUT2D eigenvalue weighted by molar-refractivity contribution is 5.24. The lowest BCUT2D eigenvalue weighted by Gasteiger charge is -2.29. The molecule has 0 radical (unpaired) electrons. The molecular formula is C14H20F3NO2. The topological polar surface area (TPSA) is 41.5 Å². The van der Waals surface area contributed by atoms with E-state index in [1.165, 1.54) is 12.1 Å². The molecule has 6 heteroatoms. The summed E-state index contributed by atoms with van der Waals surface area (Å²) in [7, 11) is 1.56. The molecule has 0 fully saturated rings. The maximum Gasteiger partial charge on any atom is 0.416 e. The molecule has 1 aromatic carbocycles. The van der Waals surface area contributed by atoms with Crippen LogP contribution < -0.4 is 5.32 Å². The summed E-state index contributed by atoms with van der Waals surface area (Å²) in [5.74, 6) is 0. The molecule has 1 atom stereocenters.